The molecule has 2 fully saturated rings. The zero-order valence-corrected chi connectivity index (χ0v) is 18.8. The second-order valence-electron chi connectivity index (χ2n) is 9.23. The molecule has 0 heterocycles. The monoisotopic (exact) mass is 450 g/mol. The number of aliphatic hydroxyl groups excluding tert-OH is 1. The maximum Gasteiger partial charge on any atom is 0.119 e. The molecule has 0 bridgehead atoms. The lowest BCUT2D eigenvalue weighted by atomic mass is 9.55. The molecule has 1 aromatic carbocycles. The van der Waals surface area contributed by atoms with Crippen LogP contribution in [0.25, 0.3) is 0 Å². The Morgan fingerprint density at radius 2 is 2.04 bits per heavy atom. The predicted octanol–water partition coefficient (Wildman–Crippen LogP) is 5.47. The minimum absolute atomic E-state index is 0.232. The van der Waals surface area contributed by atoms with E-state index < -0.39 is 0 Å². The van der Waals surface area contributed by atoms with E-state index in [1.54, 1.807) is 5.56 Å². The van der Waals surface area contributed by atoms with Crippen LogP contribution in [0.2, 0.25) is 0 Å². The average Bonchev–Trinajstić information content (AvgIpc) is 3.04. The smallest absolute Gasteiger partial charge is 0.119 e. The highest BCUT2D eigenvalue weighted by atomic mass is 79.9. The minimum atomic E-state index is 0.232. The van der Waals surface area contributed by atoms with Crippen molar-refractivity contribution in [2.24, 2.45) is 17.3 Å². The van der Waals surface area contributed by atoms with Crippen LogP contribution in [-0.4, -0.2) is 36.4 Å². The van der Waals surface area contributed by atoms with Crippen molar-refractivity contribution in [3.63, 3.8) is 0 Å². The molecular weight excluding hydrogens is 416 g/mol. The van der Waals surface area contributed by atoms with E-state index in [1.165, 1.54) is 44.1 Å². The van der Waals surface area contributed by atoms with Crippen LogP contribution in [0.15, 0.2) is 18.2 Å². The van der Waals surface area contributed by atoms with Crippen molar-refractivity contribution in [2.75, 3.05) is 25.2 Å². The highest BCUT2D eigenvalue weighted by Crippen LogP contribution is 2.61. The molecule has 1 aromatic rings. The van der Waals surface area contributed by atoms with E-state index in [0.717, 1.165) is 48.3 Å². The Morgan fingerprint density at radius 3 is 2.86 bits per heavy atom. The number of hydrogen-bond donors (Lipinski definition) is 1. The van der Waals surface area contributed by atoms with Gasteiger partial charge >= 0.3 is 0 Å². The van der Waals surface area contributed by atoms with E-state index in [0.29, 0.717) is 18.1 Å². The Kier molecular flexibility index (Phi) is 6.69. The van der Waals surface area contributed by atoms with Crippen LogP contribution in [-0.2, 0) is 11.2 Å². The third-order valence-electron chi connectivity index (χ3n) is 7.78. The number of halogens is 1. The highest BCUT2D eigenvalue weighted by Gasteiger charge is 2.55. The van der Waals surface area contributed by atoms with Crippen molar-refractivity contribution in [3.8, 4) is 5.75 Å². The first kappa shape index (κ1) is 20.7. The summed E-state index contributed by atoms with van der Waals surface area (Å²) >= 11 is 3.47. The Balaban J connectivity index is 1.46. The van der Waals surface area contributed by atoms with Crippen molar-refractivity contribution < 1.29 is 14.6 Å². The van der Waals surface area contributed by atoms with Crippen molar-refractivity contribution in [1.29, 1.82) is 0 Å². The average molecular weight is 451 g/mol. The van der Waals surface area contributed by atoms with Crippen LogP contribution in [0.1, 0.15) is 68.9 Å². The summed E-state index contributed by atoms with van der Waals surface area (Å²) in [5, 5.41) is 10.1. The van der Waals surface area contributed by atoms with Crippen LogP contribution in [0.3, 0.4) is 0 Å². The normalized spacial score (nSPS) is 33.8. The summed E-state index contributed by atoms with van der Waals surface area (Å²) < 4.78 is 12.2. The molecule has 0 aliphatic heterocycles. The van der Waals surface area contributed by atoms with Gasteiger partial charge in [-0.3, -0.25) is 0 Å². The number of ether oxygens (including phenoxy) is 2. The fraction of sp³-hybridized carbons (Fsp3) is 0.750. The molecule has 156 valence electrons. The lowest BCUT2D eigenvalue weighted by Gasteiger charge is -2.50. The van der Waals surface area contributed by atoms with Gasteiger partial charge in [0.1, 0.15) is 5.75 Å². The molecule has 0 spiro atoms. The SMILES string of the molecule is C[C@]12CC[C@@H]3c4ccc(OCCCBr)cc4CC[C@H]3[C@@H]1CC[C@@H]2OCCCO. The maximum atomic E-state index is 9.07. The van der Waals surface area contributed by atoms with Crippen LogP contribution in [0.4, 0.5) is 0 Å². The molecule has 0 saturated heterocycles. The maximum absolute atomic E-state index is 9.07. The van der Waals surface area contributed by atoms with E-state index in [9.17, 15) is 0 Å². The molecule has 0 radical (unpaired) electrons. The molecular formula is C24H35BrO3. The lowest BCUT2D eigenvalue weighted by molar-refractivity contribution is -0.0661. The Labute approximate surface area is 178 Å². The molecule has 0 aromatic heterocycles. The molecule has 1 N–H and O–H groups in total. The first-order valence-corrected chi connectivity index (χ1v) is 12.3. The number of aryl methyl sites for hydroxylation is 1. The highest BCUT2D eigenvalue weighted by molar-refractivity contribution is 9.09. The van der Waals surface area contributed by atoms with Gasteiger partial charge in [-0.1, -0.05) is 28.9 Å². The number of hydrogen-bond acceptors (Lipinski definition) is 3. The zero-order valence-electron chi connectivity index (χ0n) is 17.2. The number of fused-ring (bicyclic) bond motifs is 5. The number of benzene rings is 1. The van der Waals surface area contributed by atoms with E-state index in [1.807, 2.05) is 0 Å². The summed E-state index contributed by atoms with van der Waals surface area (Å²) in [4.78, 5) is 0. The molecule has 4 heteroatoms. The van der Waals surface area contributed by atoms with Gasteiger partial charge in [-0.05, 0) is 97.8 Å². The second kappa shape index (κ2) is 9.06. The molecule has 28 heavy (non-hydrogen) atoms. The van der Waals surface area contributed by atoms with E-state index >= 15 is 0 Å². The van der Waals surface area contributed by atoms with Gasteiger partial charge in [0.15, 0.2) is 0 Å². The van der Waals surface area contributed by atoms with Crippen LogP contribution >= 0.6 is 15.9 Å². The second-order valence-corrected chi connectivity index (χ2v) is 10.0. The van der Waals surface area contributed by atoms with Gasteiger partial charge in [0.2, 0.25) is 0 Å². The van der Waals surface area contributed by atoms with Crippen LogP contribution in [0, 0.1) is 17.3 Å². The van der Waals surface area contributed by atoms with Gasteiger partial charge in [0, 0.05) is 18.5 Å². The molecule has 0 unspecified atom stereocenters. The number of alkyl halides is 1. The first-order chi connectivity index (χ1) is 13.7. The third-order valence-corrected chi connectivity index (χ3v) is 8.34. The fourth-order valence-corrected chi connectivity index (χ4v) is 6.64. The number of rotatable bonds is 8. The van der Waals surface area contributed by atoms with E-state index in [4.69, 9.17) is 14.6 Å². The summed E-state index contributed by atoms with van der Waals surface area (Å²) in [6, 6.07) is 6.87. The lowest BCUT2D eigenvalue weighted by Crippen LogP contribution is -2.44. The van der Waals surface area contributed by atoms with E-state index in [2.05, 4.69) is 41.1 Å². The fourth-order valence-electron chi connectivity index (χ4n) is 6.41. The molecule has 0 amide bonds. The van der Waals surface area contributed by atoms with Gasteiger partial charge < -0.3 is 14.6 Å². The van der Waals surface area contributed by atoms with Gasteiger partial charge in [-0.15, -0.1) is 0 Å². The summed E-state index contributed by atoms with van der Waals surface area (Å²) in [5.74, 6) is 3.35. The van der Waals surface area contributed by atoms with Crippen LogP contribution in [0.5, 0.6) is 5.75 Å². The van der Waals surface area contributed by atoms with E-state index in [-0.39, 0.29) is 6.61 Å². The molecule has 5 atom stereocenters. The molecule has 4 rings (SSSR count). The van der Waals surface area contributed by atoms with Crippen molar-refractivity contribution in [3.05, 3.63) is 29.3 Å². The summed E-state index contributed by atoms with van der Waals surface area (Å²) in [6.07, 6.45) is 9.76. The first-order valence-electron chi connectivity index (χ1n) is 11.2. The number of aliphatic hydroxyl groups is 1. The molecule has 3 aliphatic rings. The van der Waals surface area contributed by atoms with Gasteiger partial charge in [0.25, 0.3) is 0 Å². The van der Waals surface area contributed by atoms with Gasteiger partial charge in [-0.2, -0.15) is 0 Å². The standard InChI is InChI=1S/C24H35BrO3/c1-24-11-10-20-19-7-5-18(27-14-2-12-25)16-17(19)4-6-21(20)22(24)8-9-23(24)28-15-3-13-26/h5,7,16,20-23,26H,2-4,6,8-15H2,1H3/t20-,21-,22+,23+,24+/m1/s1. The Morgan fingerprint density at radius 1 is 1.14 bits per heavy atom. The predicted molar refractivity (Wildman–Crippen MR) is 116 cm³/mol. The molecule has 2 saturated carbocycles. The van der Waals surface area contributed by atoms with Gasteiger partial charge in [0.05, 0.1) is 12.7 Å². The van der Waals surface area contributed by atoms with Gasteiger partial charge in [-0.25, -0.2) is 0 Å². The molecule has 3 aliphatic carbocycles. The largest absolute Gasteiger partial charge is 0.494 e. The Bertz CT molecular complexity index is 663. The summed E-state index contributed by atoms with van der Waals surface area (Å²) in [5.41, 5.74) is 3.44. The third kappa shape index (κ3) is 3.89. The molecule has 3 nitrogen and oxygen atoms in total. The van der Waals surface area contributed by atoms with Crippen LogP contribution < -0.4 is 4.74 Å². The quantitative estimate of drug-likeness (QED) is 0.421. The Hall–Kier alpha value is -0.580. The summed E-state index contributed by atoms with van der Waals surface area (Å²) in [7, 11) is 0. The minimum Gasteiger partial charge on any atom is -0.494 e. The van der Waals surface area contributed by atoms with Crippen molar-refractivity contribution in [1.82, 2.24) is 0 Å². The van der Waals surface area contributed by atoms with Crippen molar-refractivity contribution >= 4 is 15.9 Å². The zero-order chi connectivity index (χ0) is 19.6. The summed E-state index contributed by atoms with van der Waals surface area (Å²) in [6.45, 7) is 4.21. The topological polar surface area (TPSA) is 38.7 Å². The van der Waals surface area contributed by atoms with Crippen molar-refractivity contribution in [2.45, 2.75) is 70.3 Å².